The second-order valence-corrected chi connectivity index (χ2v) is 3.09. The molecule has 1 radical (unpaired) electrons. The average Bonchev–Trinajstić information content (AvgIpc) is 2.04. The fraction of sp³-hybridized carbons (Fsp3) is 0.222. The van der Waals surface area contributed by atoms with Crippen molar-refractivity contribution in [2.45, 2.75) is 12.8 Å². The van der Waals surface area contributed by atoms with Crippen LogP contribution in [0.2, 0.25) is 0 Å². The molecule has 2 rings (SSSR count). The lowest BCUT2D eigenvalue weighted by atomic mass is 10.1. The predicted molar refractivity (Wildman–Crippen MR) is 44.8 cm³/mol. The first-order valence-electron chi connectivity index (χ1n) is 3.69. The van der Waals surface area contributed by atoms with Gasteiger partial charge in [-0.2, -0.15) is 0 Å². The summed E-state index contributed by atoms with van der Waals surface area (Å²) in [6, 6.07) is 7.18. The summed E-state index contributed by atoms with van der Waals surface area (Å²) in [5.41, 5.74) is 0.799. The summed E-state index contributed by atoms with van der Waals surface area (Å²) in [7, 11) is 0. The van der Waals surface area contributed by atoms with Crippen LogP contribution in [0.3, 0.4) is 0 Å². The van der Waals surface area contributed by atoms with Crippen molar-refractivity contribution in [3.05, 3.63) is 35.2 Å². The van der Waals surface area contributed by atoms with Crippen molar-refractivity contribution in [1.29, 1.82) is 0 Å². The predicted octanol–water partition coefficient (Wildman–Crippen LogP) is 2.88. The Morgan fingerprint density at radius 3 is 3.00 bits per heavy atom. The summed E-state index contributed by atoms with van der Waals surface area (Å²) >= 11 is 5.84. The first kappa shape index (κ1) is 7.87. The van der Waals surface area contributed by atoms with Crippen LogP contribution in [0.4, 0.5) is 4.39 Å². The minimum atomic E-state index is -1.30. The van der Waals surface area contributed by atoms with Crippen molar-refractivity contribution in [2.24, 2.45) is 0 Å². The molecule has 1 nitrogen and oxygen atoms in total. The summed E-state index contributed by atoms with van der Waals surface area (Å²) in [6.45, 7) is 0. The van der Waals surface area contributed by atoms with E-state index in [0.29, 0.717) is 11.1 Å². The van der Waals surface area contributed by atoms with Gasteiger partial charge in [-0.15, -0.1) is 11.6 Å². The molecule has 0 bridgehead atoms. The molecule has 0 saturated carbocycles. The van der Waals surface area contributed by atoms with Crippen molar-refractivity contribution >= 4 is 11.6 Å². The molecule has 3 heteroatoms. The van der Waals surface area contributed by atoms with Crippen LogP contribution < -0.4 is 4.74 Å². The van der Waals surface area contributed by atoms with Crippen molar-refractivity contribution in [3.8, 4) is 5.75 Å². The summed E-state index contributed by atoms with van der Waals surface area (Å²) in [4.78, 5) is 0. The summed E-state index contributed by atoms with van der Waals surface area (Å²) in [6.07, 6.45) is -1.15. The minimum Gasteiger partial charge on any atom is -0.460 e. The SMILES string of the molecule is FC1C[C](Cl)c2ccccc2O1. The molecule has 0 amide bonds. The van der Waals surface area contributed by atoms with Gasteiger partial charge in [-0.25, -0.2) is 4.39 Å². The number of hydrogen-bond donors (Lipinski definition) is 0. The van der Waals surface area contributed by atoms with Crippen molar-refractivity contribution in [2.75, 3.05) is 0 Å². The maximum atomic E-state index is 12.8. The number of fused-ring (bicyclic) bond motifs is 1. The van der Waals surface area contributed by atoms with Gasteiger partial charge in [0.15, 0.2) is 0 Å². The lowest BCUT2D eigenvalue weighted by Gasteiger charge is -2.23. The van der Waals surface area contributed by atoms with Crippen LogP contribution in [-0.2, 0) is 0 Å². The van der Waals surface area contributed by atoms with Crippen LogP contribution >= 0.6 is 11.6 Å². The molecule has 1 unspecified atom stereocenters. The van der Waals surface area contributed by atoms with Gasteiger partial charge >= 0.3 is 0 Å². The molecule has 1 heterocycles. The van der Waals surface area contributed by atoms with E-state index in [9.17, 15) is 4.39 Å². The third-order valence-electron chi connectivity index (χ3n) is 1.77. The van der Waals surface area contributed by atoms with Crippen LogP contribution in [0.1, 0.15) is 12.0 Å². The Morgan fingerprint density at radius 1 is 1.42 bits per heavy atom. The van der Waals surface area contributed by atoms with Crippen LogP contribution in [0.15, 0.2) is 24.3 Å². The number of benzene rings is 1. The molecule has 1 atom stereocenters. The zero-order valence-electron chi connectivity index (χ0n) is 6.26. The molecule has 0 saturated heterocycles. The lowest BCUT2D eigenvalue weighted by molar-refractivity contribution is 0.0573. The zero-order valence-corrected chi connectivity index (χ0v) is 7.01. The van der Waals surface area contributed by atoms with Gasteiger partial charge < -0.3 is 4.74 Å². The van der Waals surface area contributed by atoms with Crippen LogP contribution in [-0.4, -0.2) is 6.36 Å². The van der Waals surface area contributed by atoms with Crippen molar-refractivity contribution in [1.82, 2.24) is 0 Å². The second-order valence-electron chi connectivity index (χ2n) is 2.63. The maximum Gasteiger partial charge on any atom is 0.240 e. The molecule has 1 aromatic carbocycles. The Morgan fingerprint density at radius 2 is 2.17 bits per heavy atom. The Labute approximate surface area is 75.1 Å². The van der Waals surface area contributed by atoms with E-state index in [2.05, 4.69) is 0 Å². The Balaban J connectivity index is 2.40. The van der Waals surface area contributed by atoms with Crippen molar-refractivity contribution in [3.63, 3.8) is 0 Å². The molecule has 0 aromatic heterocycles. The van der Waals surface area contributed by atoms with E-state index >= 15 is 0 Å². The quantitative estimate of drug-likeness (QED) is 0.604. The molecule has 0 aliphatic carbocycles. The van der Waals surface area contributed by atoms with Gasteiger partial charge in [-0.05, 0) is 6.07 Å². The minimum absolute atomic E-state index is 0.151. The topological polar surface area (TPSA) is 9.23 Å². The van der Waals surface area contributed by atoms with Gasteiger partial charge in [0.25, 0.3) is 0 Å². The number of ether oxygens (including phenoxy) is 1. The smallest absolute Gasteiger partial charge is 0.240 e. The first-order valence-corrected chi connectivity index (χ1v) is 4.06. The van der Waals surface area contributed by atoms with Crippen LogP contribution in [0.25, 0.3) is 0 Å². The standard InChI is InChI=1S/C9H7ClFO/c10-7-5-9(11)12-8-4-2-1-3-6(7)8/h1-4,9H,5H2. The van der Waals surface area contributed by atoms with Gasteiger partial charge in [0.05, 0.1) is 0 Å². The third-order valence-corrected chi connectivity index (χ3v) is 2.13. The highest BCUT2D eigenvalue weighted by atomic mass is 35.5. The normalized spacial score (nSPS) is 23.0. The van der Waals surface area contributed by atoms with Crippen LogP contribution in [0.5, 0.6) is 5.75 Å². The summed E-state index contributed by atoms with van der Waals surface area (Å²) in [5.74, 6) is 0.529. The molecule has 12 heavy (non-hydrogen) atoms. The molecule has 0 fully saturated rings. The van der Waals surface area contributed by atoms with E-state index in [0.717, 1.165) is 5.56 Å². The van der Waals surface area contributed by atoms with E-state index in [1.165, 1.54) is 0 Å². The third kappa shape index (κ3) is 1.27. The van der Waals surface area contributed by atoms with E-state index in [-0.39, 0.29) is 6.42 Å². The summed E-state index contributed by atoms with van der Waals surface area (Å²) < 4.78 is 17.7. The highest BCUT2D eigenvalue weighted by molar-refractivity contribution is 6.29. The van der Waals surface area contributed by atoms with Gasteiger partial charge in [0, 0.05) is 12.0 Å². The molecule has 63 valence electrons. The number of halogens is 2. The Hall–Kier alpha value is -0.760. The van der Waals surface area contributed by atoms with E-state index in [4.69, 9.17) is 16.3 Å². The van der Waals surface area contributed by atoms with Crippen molar-refractivity contribution < 1.29 is 9.13 Å². The average molecular weight is 186 g/mol. The fourth-order valence-corrected chi connectivity index (χ4v) is 1.50. The number of hydrogen-bond acceptors (Lipinski definition) is 1. The van der Waals surface area contributed by atoms with E-state index in [1.54, 1.807) is 12.1 Å². The molecule has 1 aromatic rings. The highest BCUT2D eigenvalue weighted by Gasteiger charge is 2.26. The van der Waals surface area contributed by atoms with Gasteiger partial charge in [-0.1, -0.05) is 18.2 Å². The van der Waals surface area contributed by atoms with Crippen LogP contribution in [0, 0.1) is 5.38 Å². The summed E-state index contributed by atoms with van der Waals surface area (Å²) in [5, 5.41) is 0.532. The number of rotatable bonds is 0. The second kappa shape index (κ2) is 2.94. The Bertz CT molecular complexity index is 290. The van der Waals surface area contributed by atoms with Gasteiger partial charge in [0.2, 0.25) is 6.36 Å². The molecule has 0 N–H and O–H groups in total. The highest BCUT2D eigenvalue weighted by Crippen LogP contribution is 2.37. The van der Waals surface area contributed by atoms with E-state index < -0.39 is 6.36 Å². The Kier molecular flexibility index (Phi) is 1.93. The van der Waals surface area contributed by atoms with Gasteiger partial charge in [0.1, 0.15) is 11.1 Å². The number of alkyl halides is 1. The largest absolute Gasteiger partial charge is 0.460 e. The fourth-order valence-electron chi connectivity index (χ4n) is 1.22. The van der Waals surface area contributed by atoms with Gasteiger partial charge in [-0.3, -0.25) is 0 Å². The molecule has 1 aliphatic heterocycles. The van der Waals surface area contributed by atoms with E-state index in [1.807, 2.05) is 12.1 Å². The lowest BCUT2D eigenvalue weighted by Crippen LogP contribution is -2.19. The molecular formula is C9H7ClFO. The maximum absolute atomic E-state index is 12.8. The molecule has 1 aliphatic rings. The number of para-hydroxylation sites is 1. The molecular weight excluding hydrogens is 179 g/mol. The zero-order chi connectivity index (χ0) is 8.55. The monoisotopic (exact) mass is 185 g/mol. The first-order chi connectivity index (χ1) is 5.77. The molecule has 0 spiro atoms.